The summed E-state index contributed by atoms with van der Waals surface area (Å²) in [6.45, 7) is 12.0. The van der Waals surface area contributed by atoms with Crippen molar-refractivity contribution in [3.8, 4) is 0 Å². The van der Waals surface area contributed by atoms with Crippen LogP contribution in [0.1, 0.15) is 86.0 Å². The molecule has 0 aromatic heterocycles. The Balaban J connectivity index is -0.0000000625. The van der Waals surface area contributed by atoms with Crippen molar-refractivity contribution in [1.82, 2.24) is 0 Å². The van der Waals surface area contributed by atoms with Gasteiger partial charge in [-0.05, 0) is 25.7 Å². The summed E-state index contributed by atoms with van der Waals surface area (Å²) in [7, 11) is 0. The minimum absolute atomic E-state index is 0. The summed E-state index contributed by atoms with van der Waals surface area (Å²) in [5.74, 6) is 0.0463. The number of hydrogen-bond acceptors (Lipinski definition) is 10. The van der Waals surface area contributed by atoms with Gasteiger partial charge in [0.15, 0.2) is 0 Å². The number of rotatable bonds is 14. The maximum Gasteiger partial charge on any atom is 0.0819 e. The summed E-state index contributed by atoms with van der Waals surface area (Å²) in [6.07, 6.45) is 8.04. The largest absolute Gasteiger partial charge is 0.396 e. The predicted octanol–water partition coefficient (Wildman–Crippen LogP) is 4.71. The van der Waals surface area contributed by atoms with E-state index in [0.29, 0.717) is 26.4 Å². The van der Waals surface area contributed by atoms with Crippen LogP contribution in [-0.2, 0) is 41.3 Å². The van der Waals surface area contributed by atoms with Gasteiger partial charge >= 0.3 is 0 Å². The molecule has 0 unspecified atom stereocenters. The van der Waals surface area contributed by atoms with Crippen LogP contribution in [0.5, 0.6) is 0 Å². The minimum Gasteiger partial charge on any atom is -0.396 e. The van der Waals surface area contributed by atoms with Gasteiger partial charge in [0.25, 0.3) is 0 Å². The molecule has 0 aliphatic rings. The average molecular weight is 498 g/mol. The number of aliphatic hydroxyl groups excluding tert-OH is 2. The molecule has 0 spiro atoms. The molecule has 0 saturated heterocycles. The Labute approximate surface area is 204 Å². The fraction of sp³-hybridized carbons (Fsp3) is 1.00. The Morgan fingerprint density at radius 2 is 0.710 bits per heavy atom. The first kappa shape index (κ1) is 44.9. The Kier molecular flexibility index (Phi) is 83.1. The molecule has 0 radical (unpaired) electrons. The Morgan fingerprint density at radius 3 is 0.742 bits per heavy atom. The topological polar surface area (TPSA) is 158 Å². The van der Waals surface area contributed by atoms with E-state index in [1.54, 1.807) is 6.92 Å². The average Bonchev–Trinajstić information content (AvgIpc) is 2.79. The second kappa shape index (κ2) is 57.3. The molecule has 10 nitrogen and oxygen atoms in total. The van der Waals surface area contributed by atoms with Gasteiger partial charge in [-0.1, -0.05) is 60.3 Å². The van der Waals surface area contributed by atoms with E-state index in [2.05, 4.69) is 19.6 Å². The number of unbranched alkanes of at least 4 members (excludes halogenated alkanes) is 4. The first-order chi connectivity index (χ1) is 14.5. The first-order valence-electron chi connectivity index (χ1n) is 10.7. The van der Waals surface area contributed by atoms with Gasteiger partial charge in [0, 0.05) is 40.8 Å². The minimum atomic E-state index is 0. The van der Waals surface area contributed by atoms with Gasteiger partial charge in [-0.2, -0.15) is 0 Å². The molecule has 0 heterocycles. The third-order valence-electron chi connectivity index (χ3n) is 2.98. The van der Waals surface area contributed by atoms with Gasteiger partial charge < -0.3 is 10.2 Å². The molecule has 0 bridgehead atoms. The molecule has 0 aliphatic heterocycles. The van der Waals surface area contributed by atoms with E-state index in [4.69, 9.17) is 31.2 Å². The van der Waals surface area contributed by atoms with E-state index in [0.717, 1.165) is 51.4 Å². The van der Waals surface area contributed by atoms with Crippen LogP contribution in [0, 0.1) is 5.92 Å². The third-order valence-corrected chi connectivity index (χ3v) is 2.98. The van der Waals surface area contributed by atoms with Gasteiger partial charge in [-0.25, -0.2) is 19.6 Å². The van der Waals surface area contributed by atoms with Crippen molar-refractivity contribution < 1.29 is 72.5 Å². The summed E-state index contributed by atoms with van der Waals surface area (Å²) < 4.78 is 0. The standard InChI is InChI=1S/5C4H10O2.Ti/c1-4(2-5)3-6;4*1-2-3-4-6-5;/h4-6H,2-3H2,1H3;4*5H,2-4H2,1H3;. The van der Waals surface area contributed by atoms with Crippen molar-refractivity contribution >= 4 is 0 Å². The zero-order valence-corrected chi connectivity index (χ0v) is 21.9. The van der Waals surface area contributed by atoms with Crippen molar-refractivity contribution in [3.05, 3.63) is 0 Å². The van der Waals surface area contributed by atoms with Crippen LogP contribution >= 0.6 is 0 Å². The molecule has 0 atom stereocenters. The van der Waals surface area contributed by atoms with Crippen LogP contribution in [0.4, 0.5) is 0 Å². The molecule has 0 amide bonds. The van der Waals surface area contributed by atoms with Gasteiger partial charge in [-0.3, -0.25) is 21.0 Å². The van der Waals surface area contributed by atoms with E-state index < -0.39 is 0 Å². The van der Waals surface area contributed by atoms with Crippen LogP contribution in [-0.4, -0.2) is 70.9 Å². The van der Waals surface area contributed by atoms with E-state index in [1.807, 2.05) is 27.7 Å². The van der Waals surface area contributed by atoms with E-state index >= 15 is 0 Å². The van der Waals surface area contributed by atoms with E-state index in [9.17, 15) is 0 Å². The summed E-state index contributed by atoms with van der Waals surface area (Å²) in [6, 6.07) is 0. The SMILES string of the molecule is CC(CO)CO.CCCCOO.CCCCOO.CCCCOO.CCCCOO.[Ti]. The maximum absolute atomic E-state index is 8.17. The molecule has 0 rings (SSSR count). The summed E-state index contributed by atoms with van der Waals surface area (Å²) >= 11 is 0. The molecule has 194 valence electrons. The Morgan fingerprint density at radius 1 is 0.516 bits per heavy atom. The molecule has 6 N–H and O–H groups in total. The maximum atomic E-state index is 8.17. The van der Waals surface area contributed by atoms with Crippen LogP contribution in [0.3, 0.4) is 0 Å². The zero-order chi connectivity index (χ0) is 24.3. The van der Waals surface area contributed by atoms with Gasteiger partial charge in [0.05, 0.1) is 26.4 Å². The van der Waals surface area contributed by atoms with Crippen LogP contribution in [0.15, 0.2) is 0 Å². The van der Waals surface area contributed by atoms with Gasteiger partial charge in [0.1, 0.15) is 0 Å². The summed E-state index contributed by atoms with van der Waals surface area (Å²) in [5, 5.41) is 47.1. The van der Waals surface area contributed by atoms with Gasteiger partial charge in [0.2, 0.25) is 0 Å². The molecule has 0 fully saturated rings. The smallest absolute Gasteiger partial charge is 0.0819 e. The van der Waals surface area contributed by atoms with Crippen molar-refractivity contribution in [2.45, 2.75) is 86.0 Å². The fourth-order valence-electron chi connectivity index (χ4n) is 0.893. The molecule has 11 heteroatoms. The van der Waals surface area contributed by atoms with Gasteiger partial charge in [-0.15, -0.1) is 0 Å². The molecule has 0 saturated carbocycles. The molecule has 31 heavy (non-hydrogen) atoms. The summed E-state index contributed by atoms with van der Waals surface area (Å²) in [4.78, 5) is 15.1. The van der Waals surface area contributed by atoms with Crippen LogP contribution in [0.2, 0.25) is 0 Å². The first-order valence-corrected chi connectivity index (χ1v) is 10.7. The van der Waals surface area contributed by atoms with Crippen molar-refractivity contribution in [3.63, 3.8) is 0 Å². The predicted molar refractivity (Wildman–Crippen MR) is 117 cm³/mol. The third kappa shape index (κ3) is 91.3. The zero-order valence-electron chi connectivity index (χ0n) is 20.3. The fourth-order valence-corrected chi connectivity index (χ4v) is 0.893. The van der Waals surface area contributed by atoms with E-state index in [1.165, 1.54) is 0 Å². The van der Waals surface area contributed by atoms with Crippen LogP contribution in [0.25, 0.3) is 0 Å². The summed E-state index contributed by atoms with van der Waals surface area (Å²) in [5.41, 5.74) is 0. The molecule has 0 aromatic rings. The molecule has 0 aliphatic carbocycles. The quantitative estimate of drug-likeness (QED) is 0.0857. The van der Waals surface area contributed by atoms with E-state index in [-0.39, 0.29) is 40.8 Å². The molecule has 0 aromatic carbocycles. The van der Waals surface area contributed by atoms with Crippen molar-refractivity contribution in [2.24, 2.45) is 5.92 Å². The van der Waals surface area contributed by atoms with Crippen LogP contribution < -0.4 is 0 Å². The molecular formula is C20H50O10Ti. The number of hydrogen-bond donors (Lipinski definition) is 6. The second-order valence-corrected chi connectivity index (χ2v) is 6.22. The number of aliphatic hydroxyl groups is 2. The second-order valence-electron chi connectivity index (χ2n) is 6.22. The van der Waals surface area contributed by atoms with Crippen molar-refractivity contribution in [2.75, 3.05) is 39.6 Å². The monoisotopic (exact) mass is 498 g/mol. The normalized spacial score (nSPS) is 8.90. The molecular weight excluding hydrogens is 448 g/mol. The Bertz CT molecular complexity index is 166. The Hall–Kier alpha value is 0.314. The van der Waals surface area contributed by atoms with Crippen molar-refractivity contribution in [1.29, 1.82) is 0 Å².